The van der Waals surface area contributed by atoms with E-state index in [0.717, 1.165) is 6.42 Å². The van der Waals surface area contributed by atoms with E-state index >= 15 is 0 Å². The minimum Gasteiger partial charge on any atom is -0.480 e. The maximum Gasteiger partial charge on any atom is 0.328 e. The van der Waals surface area contributed by atoms with Gasteiger partial charge in [-0.1, -0.05) is 0 Å². The van der Waals surface area contributed by atoms with Gasteiger partial charge in [-0.2, -0.15) is 0 Å². The van der Waals surface area contributed by atoms with Gasteiger partial charge in [0.1, 0.15) is 12.1 Å². The highest BCUT2D eigenvalue weighted by Gasteiger charge is 2.31. The normalized spacial score (nSPS) is 20.0. The number of carbonyl (C=O) groups excluding carboxylic acids is 4. The number of carbonyl (C=O) groups is 5. The average molecular weight is 415 g/mol. The molecule has 5 atom stereocenters. The number of carboxylic acid groups (broad SMARTS) is 1. The molecule has 0 radical (unpaired) electrons. The molecular formula is C17H29N5O7. The number of primary amides is 1. The molecule has 1 fully saturated rings. The number of rotatable bonds is 11. The van der Waals surface area contributed by atoms with Gasteiger partial charge in [-0.05, 0) is 39.7 Å². The van der Waals surface area contributed by atoms with Gasteiger partial charge in [0, 0.05) is 6.42 Å². The van der Waals surface area contributed by atoms with Gasteiger partial charge >= 0.3 is 5.97 Å². The van der Waals surface area contributed by atoms with E-state index in [-0.39, 0.29) is 24.8 Å². The van der Waals surface area contributed by atoms with Crippen molar-refractivity contribution in [2.75, 3.05) is 6.54 Å². The highest BCUT2D eigenvalue weighted by molar-refractivity contribution is 5.94. The van der Waals surface area contributed by atoms with Crippen molar-refractivity contribution < 1.29 is 34.2 Å². The summed E-state index contributed by atoms with van der Waals surface area (Å²) >= 11 is 0. The average Bonchev–Trinajstić information content (AvgIpc) is 3.16. The van der Waals surface area contributed by atoms with E-state index in [9.17, 15) is 29.1 Å². The number of nitrogens with one attached hydrogen (secondary N) is 4. The number of aliphatic carboxylic acids is 1. The number of aliphatic hydroxyl groups is 1. The number of carboxylic acids is 1. The Bertz CT molecular complexity index is 634. The predicted octanol–water partition coefficient (Wildman–Crippen LogP) is -3.06. The standard InChI is InChI=1S/C17H29N5O7/c1-8(20-15(26)10-4-3-7-19-10)14(25)21-11(5-6-12(18)24)16(27)22-13(9(2)23)17(28)29/h8-11,13,19,23H,3-7H2,1-2H3,(H2,18,24)(H,20,26)(H,21,25)(H,22,27)(H,28,29). The molecule has 12 heteroatoms. The van der Waals surface area contributed by atoms with Crippen LogP contribution in [0.3, 0.4) is 0 Å². The summed E-state index contributed by atoms with van der Waals surface area (Å²) < 4.78 is 0. The number of aliphatic hydroxyl groups excluding tert-OH is 1. The second kappa shape index (κ2) is 11.3. The zero-order valence-electron chi connectivity index (χ0n) is 16.4. The van der Waals surface area contributed by atoms with E-state index in [2.05, 4.69) is 21.3 Å². The first kappa shape index (κ1) is 24.3. The second-order valence-corrected chi connectivity index (χ2v) is 7.01. The first-order chi connectivity index (χ1) is 13.5. The Labute approximate surface area is 168 Å². The van der Waals surface area contributed by atoms with Crippen molar-refractivity contribution in [1.82, 2.24) is 21.3 Å². The van der Waals surface area contributed by atoms with Crippen molar-refractivity contribution in [3.05, 3.63) is 0 Å². The summed E-state index contributed by atoms with van der Waals surface area (Å²) in [5, 5.41) is 28.6. The van der Waals surface area contributed by atoms with Crippen molar-refractivity contribution >= 4 is 29.6 Å². The Morgan fingerprint density at radius 3 is 2.24 bits per heavy atom. The van der Waals surface area contributed by atoms with Crippen LogP contribution in [-0.2, 0) is 24.0 Å². The highest BCUT2D eigenvalue weighted by atomic mass is 16.4. The Balaban J connectivity index is 2.75. The van der Waals surface area contributed by atoms with E-state index in [1.54, 1.807) is 0 Å². The van der Waals surface area contributed by atoms with Crippen LogP contribution in [0.5, 0.6) is 0 Å². The molecule has 0 aliphatic carbocycles. The van der Waals surface area contributed by atoms with E-state index in [4.69, 9.17) is 10.8 Å². The SMILES string of the molecule is CC(NC(=O)C1CCCN1)C(=O)NC(CCC(N)=O)C(=O)NC(C(=O)O)C(C)O. The lowest BCUT2D eigenvalue weighted by Crippen LogP contribution is -2.57. The molecule has 0 bridgehead atoms. The first-order valence-electron chi connectivity index (χ1n) is 9.36. The van der Waals surface area contributed by atoms with Gasteiger partial charge in [-0.25, -0.2) is 4.79 Å². The molecule has 1 rings (SSSR count). The summed E-state index contributed by atoms with van der Waals surface area (Å²) in [6.07, 6.45) is -0.301. The van der Waals surface area contributed by atoms with Gasteiger partial charge in [0.2, 0.25) is 23.6 Å². The third-order valence-corrected chi connectivity index (χ3v) is 4.49. The minimum atomic E-state index is -1.60. The summed E-state index contributed by atoms with van der Waals surface area (Å²) in [6, 6.07) is -4.23. The summed E-state index contributed by atoms with van der Waals surface area (Å²) in [4.78, 5) is 59.1. The molecule has 1 aliphatic rings. The lowest BCUT2D eigenvalue weighted by molar-refractivity contribution is -0.145. The molecule has 0 aromatic carbocycles. The molecular weight excluding hydrogens is 386 g/mol. The molecule has 1 heterocycles. The van der Waals surface area contributed by atoms with Gasteiger partial charge in [0.25, 0.3) is 0 Å². The monoisotopic (exact) mass is 415 g/mol. The van der Waals surface area contributed by atoms with Crippen LogP contribution in [0.4, 0.5) is 0 Å². The molecule has 8 N–H and O–H groups in total. The topological polar surface area (TPSA) is 200 Å². The smallest absolute Gasteiger partial charge is 0.328 e. The Hall–Kier alpha value is -2.73. The summed E-state index contributed by atoms with van der Waals surface area (Å²) in [7, 11) is 0. The number of hydrogen-bond donors (Lipinski definition) is 7. The zero-order valence-corrected chi connectivity index (χ0v) is 16.4. The fourth-order valence-electron chi connectivity index (χ4n) is 2.78. The van der Waals surface area contributed by atoms with Gasteiger partial charge in [-0.3, -0.25) is 19.2 Å². The predicted molar refractivity (Wildman–Crippen MR) is 100 cm³/mol. The largest absolute Gasteiger partial charge is 0.480 e. The van der Waals surface area contributed by atoms with Crippen molar-refractivity contribution in [2.45, 2.75) is 69.8 Å². The summed E-state index contributed by atoms with van der Waals surface area (Å²) in [5.74, 6) is -4.11. The maximum atomic E-state index is 12.4. The van der Waals surface area contributed by atoms with Crippen molar-refractivity contribution in [2.24, 2.45) is 5.73 Å². The Kier molecular flexibility index (Phi) is 9.48. The van der Waals surface area contributed by atoms with Crippen molar-refractivity contribution in [3.8, 4) is 0 Å². The quantitative estimate of drug-likeness (QED) is 0.184. The van der Waals surface area contributed by atoms with Crippen LogP contribution < -0.4 is 27.0 Å². The van der Waals surface area contributed by atoms with Crippen LogP contribution >= 0.6 is 0 Å². The molecule has 1 saturated heterocycles. The van der Waals surface area contributed by atoms with E-state index in [1.807, 2.05) is 0 Å². The van der Waals surface area contributed by atoms with Gasteiger partial charge in [0.05, 0.1) is 12.1 Å². The molecule has 5 unspecified atom stereocenters. The third-order valence-electron chi connectivity index (χ3n) is 4.49. The van der Waals surface area contributed by atoms with E-state index in [1.165, 1.54) is 13.8 Å². The van der Waals surface area contributed by atoms with Crippen molar-refractivity contribution in [3.63, 3.8) is 0 Å². The van der Waals surface area contributed by atoms with E-state index < -0.39 is 47.9 Å². The van der Waals surface area contributed by atoms with Crippen LogP contribution in [0.1, 0.15) is 39.5 Å². The molecule has 164 valence electrons. The number of hydrogen-bond acceptors (Lipinski definition) is 7. The molecule has 4 amide bonds. The van der Waals surface area contributed by atoms with Gasteiger partial charge in [-0.15, -0.1) is 0 Å². The molecule has 0 spiro atoms. The van der Waals surface area contributed by atoms with Gasteiger partial charge in [0.15, 0.2) is 6.04 Å². The van der Waals surface area contributed by atoms with Gasteiger partial charge < -0.3 is 37.2 Å². The van der Waals surface area contributed by atoms with Crippen LogP contribution in [-0.4, -0.2) is 76.6 Å². The molecule has 1 aliphatic heterocycles. The fraction of sp³-hybridized carbons (Fsp3) is 0.706. The highest BCUT2D eigenvalue weighted by Crippen LogP contribution is 2.06. The first-order valence-corrected chi connectivity index (χ1v) is 9.36. The fourth-order valence-corrected chi connectivity index (χ4v) is 2.78. The lowest BCUT2D eigenvalue weighted by atomic mass is 10.1. The van der Waals surface area contributed by atoms with Crippen LogP contribution in [0.2, 0.25) is 0 Å². The Morgan fingerprint density at radius 1 is 1.10 bits per heavy atom. The van der Waals surface area contributed by atoms with Crippen LogP contribution in [0.25, 0.3) is 0 Å². The Morgan fingerprint density at radius 2 is 1.76 bits per heavy atom. The zero-order chi connectivity index (χ0) is 22.1. The second-order valence-electron chi connectivity index (χ2n) is 7.01. The van der Waals surface area contributed by atoms with Crippen LogP contribution in [0, 0.1) is 0 Å². The molecule has 12 nitrogen and oxygen atoms in total. The lowest BCUT2D eigenvalue weighted by Gasteiger charge is -2.24. The number of nitrogens with two attached hydrogens (primary N) is 1. The summed E-state index contributed by atoms with van der Waals surface area (Å²) in [6.45, 7) is 3.33. The van der Waals surface area contributed by atoms with Crippen molar-refractivity contribution in [1.29, 1.82) is 0 Å². The third kappa shape index (κ3) is 8.03. The summed E-state index contributed by atoms with van der Waals surface area (Å²) in [5.41, 5.74) is 5.08. The molecule has 0 aromatic heterocycles. The van der Waals surface area contributed by atoms with Crippen LogP contribution in [0.15, 0.2) is 0 Å². The maximum absolute atomic E-state index is 12.4. The minimum absolute atomic E-state index is 0.177. The molecule has 0 aromatic rings. The number of amides is 4. The molecule has 29 heavy (non-hydrogen) atoms. The van der Waals surface area contributed by atoms with E-state index in [0.29, 0.717) is 13.0 Å². The molecule has 0 saturated carbocycles.